The number of carbonyl (C=O) groups excluding carboxylic acids is 1. The lowest BCUT2D eigenvalue weighted by molar-refractivity contribution is 0.0945. The van der Waals surface area contributed by atoms with Crippen molar-refractivity contribution >= 4 is 17.2 Å². The monoisotopic (exact) mass is 340 g/mol. The van der Waals surface area contributed by atoms with Gasteiger partial charge in [-0.1, -0.05) is 46.9 Å². The fraction of sp³-hybridized carbons (Fsp3) is 0.312. The molecule has 0 radical (unpaired) electrons. The van der Waals surface area contributed by atoms with E-state index in [-0.39, 0.29) is 5.91 Å². The zero-order valence-electron chi connectivity index (χ0n) is 12.9. The van der Waals surface area contributed by atoms with Gasteiger partial charge in [-0.2, -0.15) is 0 Å². The molecule has 1 amide bonds. The van der Waals surface area contributed by atoms with Gasteiger partial charge in [0.2, 0.25) is 0 Å². The Hall–Kier alpha value is -2.61. The van der Waals surface area contributed by atoms with E-state index in [2.05, 4.69) is 25.8 Å². The van der Waals surface area contributed by atoms with Crippen LogP contribution >= 0.6 is 11.3 Å². The van der Waals surface area contributed by atoms with Crippen LogP contribution in [0.15, 0.2) is 36.5 Å². The van der Waals surface area contributed by atoms with Crippen LogP contribution in [-0.4, -0.2) is 31.1 Å². The zero-order chi connectivity index (χ0) is 16.4. The van der Waals surface area contributed by atoms with Gasteiger partial charge >= 0.3 is 0 Å². The van der Waals surface area contributed by atoms with E-state index >= 15 is 0 Å². The first-order chi connectivity index (χ1) is 11.8. The molecule has 7 nitrogen and oxygen atoms in total. The van der Waals surface area contributed by atoms with Crippen molar-refractivity contribution in [2.24, 2.45) is 0 Å². The highest BCUT2D eigenvalue weighted by atomic mass is 32.1. The van der Waals surface area contributed by atoms with Crippen molar-refractivity contribution in [3.05, 3.63) is 47.2 Å². The molecule has 1 saturated carbocycles. The van der Waals surface area contributed by atoms with E-state index in [1.165, 1.54) is 17.8 Å². The summed E-state index contributed by atoms with van der Waals surface area (Å²) in [5.41, 5.74) is 1.37. The summed E-state index contributed by atoms with van der Waals surface area (Å²) in [6, 6.07) is 10.3. The third-order valence-electron chi connectivity index (χ3n) is 4.08. The summed E-state index contributed by atoms with van der Waals surface area (Å²) in [6.45, 7) is 0.333. The van der Waals surface area contributed by atoms with Crippen LogP contribution in [0.2, 0.25) is 0 Å². The first kappa shape index (κ1) is 14.9. The second-order valence-electron chi connectivity index (χ2n) is 5.72. The molecule has 4 rings (SSSR count). The van der Waals surface area contributed by atoms with Gasteiger partial charge in [0, 0.05) is 5.56 Å². The Balaban J connectivity index is 1.37. The van der Waals surface area contributed by atoms with Crippen LogP contribution in [0.5, 0.6) is 0 Å². The standard InChI is InChI=1S/C16H16N6OS/c23-15(13-10-22(21-18-13)12-7-4-8-12)17-9-14-19-20-16(24-14)11-5-2-1-3-6-11/h1-3,5-6,10,12H,4,7-9H2,(H,17,23). The zero-order valence-corrected chi connectivity index (χ0v) is 13.7. The van der Waals surface area contributed by atoms with Crippen molar-refractivity contribution in [3.63, 3.8) is 0 Å². The molecule has 0 spiro atoms. The Morgan fingerprint density at radius 1 is 1.21 bits per heavy atom. The van der Waals surface area contributed by atoms with E-state index in [9.17, 15) is 4.79 Å². The summed E-state index contributed by atoms with van der Waals surface area (Å²) in [5.74, 6) is -0.239. The summed E-state index contributed by atoms with van der Waals surface area (Å²) in [4.78, 5) is 12.2. The number of carbonyl (C=O) groups is 1. The third-order valence-corrected chi connectivity index (χ3v) is 5.05. The number of rotatable bonds is 5. The highest BCUT2D eigenvalue weighted by molar-refractivity contribution is 7.14. The smallest absolute Gasteiger partial charge is 0.273 e. The topological polar surface area (TPSA) is 85.6 Å². The second kappa shape index (κ2) is 6.48. The van der Waals surface area contributed by atoms with Crippen molar-refractivity contribution in [3.8, 4) is 10.6 Å². The minimum atomic E-state index is -0.239. The minimum Gasteiger partial charge on any atom is -0.344 e. The molecule has 24 heavy (non-hydrogen) atoms. The Bertz CT molecular complexity index is 839. The van der Waals surface area contributed by atoms with Gasteiger partial charge < -0.3 is 5.32 Å². The molecular weight excluding hydrogens is 324 g/mol. The number of hydrogen-bond acceptors (Lipinski definition) is 6. The Kier molecular flexibility index (Phi) is 4.04. The number of amides is 1. The molecule has 0 bridgehead atoms. The summed E-state index contributed by atoms with van der Waals surface area (Å²) in [6.07, 6.45) is 5.15. The molecule has 1 fully saturated rings. The summed E-state index contributed by atoms with van der Waals surface area (Å²) in [7, 11) is 0. The van der Waals surface area contributed by atoms with Crippen molar-refractivity contribution in [1.82, 2.24) is 30.5 Å². The molecule has 0 atom stereocenters. The molecule has 2 heterocycles. The Labute approximate surface area is 142 Å². The quantitative estimate of drug-likeness (QED) is 0.771. The molecule has 0 aliphatic heterocycles. The van der Waals surface area contributed by atoms with E-state index in [1.807, 2.05) is 30.3 Å². The fourth-order valence-corrected chi connectivity index (χ4v) is 3.26. The first-order valence-electron chi connectivity index (χ1n) is 7.87. The van der Waals surface area contributed by atoms with Crippen molar-refractivity contribution in [2.75, 3.05) is 0 Å². The van der Waals surface area contributed by atoms with Crippen LogP contribution in [0.3, 0.4) is 0 Å². The van der Waals surface area contributed by atoms with Gasteiger partial charge in [-0.3, -0.25) is 4.79 Å². The number of aromatic nitrogens is 5. The molecule has 1 aliphatic rings. The molecule has 8 heteroatoms. The van der Waals surface area contributed by atoms with Crippen molar-refractivity contribution in [1.29, 1.82) is 0 Å². The number of nitrogens with zero attached hydrogens (tertiary/aromatic N) is 5. The predicted octanol–water partition coefficient (Wildman–Crippen LogP) is 2.45. The van der Waals surface area contributed by atoms with Crippen LogP contribution in [-0.2, 0) is 6.54 Å². The fourth-order valence-electron chi connectivity index (χ4n) is 2.48. The third kappa shape index (κ3) is 3.05. The van der Waals surface area contributed by atoms with Crippen molar-refractivity contribution < 1.29 is 4.79 Å². The van der Waals surface area contributed by atoms with Crippen LogP contribution in [0.25, 0.3) is 10.6 Å². The average Bonchev–Trinajstić information content (AvgIpc) is 3.21. The summed E-state index contributed by atoms with van der Waals surface area (Å²) >= 11 is 1.47. The number of hydrogen-bond donors (Lipinski definition) is 1. The van der Waals surface area contributed by atoms with Crippen LogP contribution in [0.4, 0.5) is 0 Å². The number of benzene rings is 1. The van der Waals surface area contributed by atoms with Gasteiger partial charge in [0.05, 0.1) is 18.8 Å². The lowest BCUT2D eigenvalue weighted by Gasteiger charge is -2.24. The SMILES string of the molecule is O=C(NCc1nnc(-c2ccccc2)s1)c1cn(C2CCC2)nn1. The van der Waals surface area contributed by atoms with Gasteiger partial charge in [0.25, 0.3) is 5.91 Å². The molecule has 0 unspecified atom stereocenters. The molecule has 3 aromatic rings. The molecule has 2 aromatic heterocycles. The van der Waals surface area contributed by atoms with E-state index in [4.69, 9.17) is 0 Å². The Morgan fingerprint density at radius 3 is 2.79 bits per heavy atom. The largest absolute Gasteiger partial charge is 0.344 e. The molecule has 1 aliphatic carbocycles. The maximum Gasteiger partial charge on any atom is 0.273 e. The van der Waals surface area contributed by atoms with Gasteiger partial charge in [0.15, 0.2) is 5.69 Å². The highest BCUT2D eigenvalue weighted by Crippen LogP contribution is 2.30. The van der Waals surface area contributed by atoms with E-state index in [0.29, 0.717) is 18.3 Å². The lowest BCUT2D eigenvalue weighted by Crippen LogP contribution is -2.23. The van der Waals surface area contributed by atoms with E-state index < -0.39 is 0 Å². The van der Waals surface area contributed by atoms with Crippen LogP contribution in [0, 0.1) is 0 Å². The minimum absolute atomic E-state index is 0.239. The van der Waals surface area contributed by atoms with Crippen LogP contribution in [0.1, 0.15) is 40.8 Å². The average molecular weight is 340 g/mol. The van der Waals surface area contributed by atoms with Gasteiger partial charge in [0.1, 0.15) is 10.0 Å². The van der Waals surface area contributed by atoms with E-state index in [0.717, 1.165) is 28.4 Å². The highest BCUT2D eigenvalue weighted by Gasteiger charge is 2.22. The van der Waals surface area contributed by atoms with E-state index in [1.54, 1.807) is 10.9 Å². The molecule has 0 saturated heterocycles. The Morgan fingerprint density at radius 2 is 2.04 bits per heavy atom. The number of nitrogens with one attached hydrogen (secondary N) is 1. The predicted molar refractivity (Wildman–Crippen MR) is 89.4 cm³/mol. The summed E-state index contributed by atoms with van der Waals surface area (Å²) < 4.78 is 1.79. The van der Waals surface area contributed by atoms with Gasteiger partial charge in [-0.05, 0) is 19.3 Å². The van der Waals surface area contributed by atoms with Gasteiger partial charge in [-0.15, -0.1) is 15.3 Å². The lowest BCUT2D eigenvalue weighted by atomic mass is 9.93. The second-order valence-corrected chi connectivity index (χ2v) is 6.78. The van der Waals surface area contributed by atoms with Gasteiger partial charge in [-0.25, -0.2) is 4.68 Å². The van der Waals surface area contributed by atoms with Crippen molar-refractivity contribution in [2.45, 2.75) is 31.8 Å². The molecular formula is C16H16N6OS. The first-order valence-corrected chi connectivity index (χ1v) is 8.69. The molecule has 122 valence electrons. The maximum absolute atomic E-state index is 12.2. The summed E-state index contributed by atoms with van der Waals surface area (Å²) in [5, 5.41) is 20.7. The molecule has 1 N–H and O–H groups in total. The molecule has 1 aromatic carbocycles. The normalized spacial score (nSPS) is 14.3. The maximum atomic E-state index is 12.2. The van der Waals surface area contributed by atoms with Crippen LogP contribution < -0.4 is 5.32 Å².